The summed E-state index contributed by atoms with van der Waals surface area (Å²) in [6.45, 7) is 3.46. The molecular weight excluding hydrogens is 364 g/mol. The van der Waals surface area contributed by atoms with Crippen molar-refractivity contribution in [3.05, 3.63) is 55.9 Å². The summed E-state index contributed by atoms with van der Waals surface area (Å²) in [6, 6.07) is 6.64. The highest BCUT2D eigenvalue weighted by atomic mass is 35.5. The molecule has 0 unspecified atom stereocenters. The van der Waals surface area contributed by atoms with Gasteiger partial charge in [0.05, 0.1) is 5.39 Å². The van der Waals surface area contributed by atoms with Crippen LogP contribution in [0.4, 0.5) is 0 Å². The van der Waals surface area contributed by atoms with Crippen molar-refractivity contribution in [2.45, 2.75) is 20.5 Å². The van der Waals surface area contributed by atoms with E-state index in [-0.39, 0.29) is 18.8 Å². The number of ether oxygens (including phenoxy) is 2. The number of H-pyrrole nitrogens is 1. The first-order valence-electron chi connectivity index (χ1n) is 7.47. The summed E-state index contributed by atoms with van der Waals surface area (Å²) in [6.07, 6.45) is 0. The van der Waals surface area contributed by atoms with E-state index in [2.05, 4.69) is 9.97 Å². The average molecular weight is 379 g/mol. The zero-order valence-electron chi connectivity index (χ0n) is 13.6. The Morgan fingerprint density at radius 1 is 1.28 bits per heavy atom. The van der Waals surface area contributed by atoms with Gasteiger partial charge in [0.2, 0.25) is 0 Å². The number of esters is 1. The maximum atomic E-state index is 12.2. The van der Waals surface area contributed by atoms with E-state index < -0.39 is 5.97 Å². The molecule has 0 bridgehead atoms. The molecule has 0 aliphatic carbocycles. The highest BCUT2D eigenvalue weighted by molar-refractivity contribution is 7.18. The van der Waals surface area contributed by atoms with E-state index in [1.807, 2.05) is 13.8 Å². The number of aryl methyl sites for hydroxylation is 2. The van der Waals surface area contributed by atoms with Crippen molar-refractivity contribution < 1.29 is 14.3 Å². The van der Waals surface area contributed by atoms with Crippen molar-refractivity contribution in [3.63, 3.8) is 0 Å². The van der Waals surface area contributed by atoms with Gasteiger partial charge in [0.1, 0.15) is 23.0 Å². The number of hydrogen-bond acceptors (Lipinski definition) is 6. The summed E-state index contributed by atoms with van der Waals surface area (Å²) in [4.78, 5) is 32.6. The van der Waals surface area contributed by atoms with Crippen LogP contribution in [0.1, 0.15) is 16.3 Å². The second-order valence-electron chi connectivity index (χ2n) is 5.38. The van der Waals surface area contributed by atoms with Crippen molar-refractivity contribution in [1.29, 1.82) is 0 Å². The highest BCUT2D eigenvalue weighted by Gasteiger charge is 2.13. The molecule has 0 aliphatic heterocycles. The number of thiophene rings is 1. The average Bonchev–Trinajstić information content (AvgIpc) is 2.87. The van der Waals surface area contributed by atoms with Crippen LogP contribution < -0.4 is 10.3 Å². The molecule has 2 aromatic heterocycles. The molecule has 3 aromatic rings. The minimum absolute atomic E-state index is 0.121. The fourth-order valence-corrected chi connectivity index (χ4v) is 3.41. The van der Waals surface area contributed by atoms with Crippen LogP contribution in [-0.4, -0.2) is 22.5 Å². The molecule has 0 fully saturated rings. The van der Waals surface area contributed by atoms with E-state index in [1.165, 1.54) is 11.3 Å². The van der Waals surface area contributed by atoms with Crippen LogP contribution in [0.25, 0.3) is 10.2 Å². The third kappa shape index (κ3) is 4.00. The summed E-state index contributed by atoms with van der Waals surface area (Å²) in [5.41, 5.74) is 0.698. The zero-order valence-corrected chi connectivity index (χ0v) is 15.2. The molecule has 1 aromatic carbocycles. The normalized spacial score (nSPS) is 10.8. The molecule has 130 valence electrons. The number of aromatic nitrogens is 2. The Labute approximate surface area is 152 Å². The molecule has 0 amide bonds. The highest BCUT2D eigenvalue weighted by Crippen LogP contribution is 2.25. The quantitative estimate of drug-likeness (QED) is 0.688. The van der Waals surface area contributed by atoms with Gasteiger partial charge in [-0.2, -0.15) is 0 Å². The Bertz CT molecular complexity index is 979. The number of nitrogens with zero attached hydrogens (tertiary/aromatic N) is 1. The Hall–Kier alpha value is -2.38. The number of nitrogens with one attached hydrogen (secondary N) is 1. The topological polar surface area (TPSA) is 81.3 Å². The van der Waals surface area contributed by atoms with Gasteiger partial charge < -0.3 is 14.5 Å². The number of carbonyl (C=O) groups excluding carboxylic acids is 1. The molecule has 0 saturated carbocycles. The van der Waals surface area contributed by atoms with E-state index in [0.29, 0.717) is 26.8 Å². The molecule has 0 aliphatic rings. The van der Waals surface area contributed by atoms with Gasteiger partial charge >= 0.3 is 5.97 Å². The van der Waals surface area contributed by atoms with Crippen LogP contribution in [0.3, 0.4) is 0 Å². The first-order chi connectivity index (χ1) is 11.9. The molecule has 0 spiro atoms. The lowest BCUT2D eigenvalue weighted by atomic mass is 10.2. The smallest absolute Gasteiger partial charge is 0.344 e. The summed E-state index contributed by atoms with van der Waals surface area (Å²) in [5.74, 6) is 0.258. The van der Waals surface area contributed by atoms with Crippen molar-refractivity contribution in [3.8, 4) is 5.75 Å². The summed E-state index contributed by atoms with van der Waals surface area (Å²) < 4.78 is 10.4. The Morgan fingerprint density at radius 2 is 2.00 bits per heavy atom. The van der Waals surface area contributed by atoms with Gasteiger partial charge in [0, 0.05) is 9.90 Å². The fraction of sp³-hybridized carbons (Fsp3) is 0.235. The fourth-order valence-electron chi connectivity index (χ4n) is 2.23. The maximum Gasteiger partial charge on any atom is 0.344 e. The third-order valence-electron chi connectivity index (χ3n) is 3.63. The van der Waals surface area contributed by atoms with Crippen LogP contribution in [0.15, 0.2) is 29.1 Å². The molecule has 25 heavy (non-hydrogen) atoms. The molecule has 6 nitrogen and oxygen atoms in total. The van der Waals surface area contributed by atoms with E-state index in [4.69, 9.17) is 21.1 Å². The molecule has 8 heteroatoms. The van der Waals surface area contributed by atoms with E-state index >= 15 is 0 Å². The van der Waals surface area contributed by atoms with Gasteiger partial charge in [-0.25, -0.2) is 9.78 Å². The van der Waals surface area contributed by atoms with E-state index in [0.717, 1.165) is 10.4 Å². The number of hydrogen-bond donors (Lipinski definition) is 1. The van der Waals surface area contributed by atoms with Gasteiger partial charge in [-0.3, -0.25) is 4.79 Å². The maximum absolute atomic E-state index is 12.2. The van der Waals surface area contributed by atoms with Crippen molar-refractivity contribution in [2.24, 2.45) is 0 Å². The number of benzene rings is 1. The van der Waals surface area contributed by atoms with Crippen molar-refractivity contribution >= 4 is 39.1 Å². The third-order valence-corrected chi connectivity index (χ3v) is 4.98. The largest absolute Gasteiger partial charge is 0.482 e. The van der Waals surface area contributed by atoms with Gasteiger partial charge in [-0.05, 0) is 43.7 Å². The van der Waals surface area contributed by atoms with Crippen LogP contribution >= 0.6 is 22.9 Å². The van der Waals surface area contributed by atoms with Crippen molar-refractivity contribution in [2.75, 3.05) is 6.61 Å². The predicted octanol–water partition coefficient (Wildman–Crippen LogP) is 3.38. The Kier molecular flexibility index (Phi) is 5.06. The molecule has 3 rings (SSSR count). The predicted molar refractivity (Wildman–Crippen MR) is 96.5 cm³/mol. The van der Waals surface area contributed by atoms with E-state index in [9.17, 15) is 9.59 Å². The molecule has 1 N–H and O–H groups in total. The second-order valence-corrected chi connectivity index (χ2v) is 7.02. The monoisotopic (exact) mass is 378 g/mol. The molecule has 0 radical (unpaired) electrons. The number of aromatic amines is 1. The molecular formula is C17H15ClN2O4S. The van der Waals surface area contributed by atoms with Crippen LogP contribution in [0, 0.1) is 13.8 Å². The van der Waals surface area contributed by atoms with Gasteiger partial charge in [-0.15, -0.1) is 11.3 Å². The summed E-state index contributed by atoms with van der Waals surface area (Å²) in [7, 11) is 0. The lowest BCUT2D eigenvalue weighted by molar-refractivity contribution is -0.147. The van der Waals surface area contributed by atoms with Gasteiger partial charge in [0.15, 0.2) is 6.61 Å². The molecule has 2 heterocycles. The van der Waals surface area contributed by atoms with Crippen LogP contribution in [-0.2, 0) is 16.1 Å². The zero-order chi connectivity index (χ0) is 18.0. The number of halogens is 1. The summed E-state index contributed by atoms with van der Waals surface area (Å²) in [5, 5.41) is 1.17. The standard InChI is InChI=1S/C17H15ClN2O4S/c1-9-10(2)25-17-15(9)16(22)19-13(20-17)7-24-14(21)8-23-12-5-3-11(18)4-6-12/h3-6H,7-8H2,1-2H3,(H,19,20,22). The van der Waals surface area contributed by atoms with Crippen LogP contribution in [0.2, 0.25) is 5.02 Å². The van der Waals surface area contributed by atoms with Gasteiger partial charge in [0.25, 0.3) is 5.56 Å². The van der Waals surface area contributed by atoms with Crippen LogP contribution in [0.5, 0.6) is 5.75 Å². The number of rotatable bonds is 5. The Balaban J connectivity index is 1.61. The van der Waals surface area contributed by atoms with E-state index in [1.54, 1.807) is 24.3 Å². The second kappa shape index (κ2) is 7.25. The van der Waals surface area contributed by atoms with Crippen molar-refractivity contribution in [1.82, 2.24) is 9.97 Å². The number of carbonyl (C=O) groups is 1. The molecule has 0 saturated heterocycles. The first-order valence-corrected chi connectivity index (χ1v) is 8.66. The minimum atomic E-state index is -0.559. The Morgan fingerprint density at radius 3 is 2.72 bits per heavy atom. The minimum Gasteiger partial charge on any atom is -0.482 e. The number of fused-ring (bicyclic) bond motifs is 1. The lowest BCUT2D eigenvalue weighted by Crippen LogP contribution is -2.17. The molecule has 0 atom stereocenters. The SMILES string of the molecule is Cc1sc2nc(COC(=O)COc3ccc(Cl)cc3)[nH]c(=O)c2c1C. The first kappa shape index (κ1) is 17.4. The van der Waals surface area contributed by atoms with Gasteiger partial charge in [-0.1, -0.05) is 11.6 Å². The lowest BCUT2D eigenvalue weighted by Gasteiger charge is -2.07. The summed E-state index contributed by atoms with van der Waals surface area (Å²) >= 11 is 7.22.